The third-order valence-electron chi connectivity index (χ3n) is 5.58. The van der Waals surface area contributed by atoms with E-state index in [1.165, 1.54) is 12.8 Å². The summed E-state index contributed by atoms with van der Waals surface area (Å²) < 4.78 is 23.7. The van der Waals surface area contributed by atoms with Crippen LogP contribution >= 0.6 is 0 Å². The Morgan fingerprint density at radius 3 is 2.45 bits per heavy atom. The van der Waals surface area contributed by atoms with Crippen molar-refractivity contribution < 1.29 is 8.42 Å². The molecule has 2 heterocycles. The molecule has 3 atom stereocenters. The second kappa shape index (κ2) is 4.96. The van der Waals surface area contributed by atoms with Gasteiger partial charge in [0.05, 0.1) is 11.5 Å². The normalized spacial score (nSPS) is 42.2. The Balaban J connectivity index is 1.79. The lowest BCUT2D eigenvalue weighted by molar-refractivity contribution is 0.0258. The highest BCUT2D eigenvalue weighted by Crippen LogP contribution is 2.42. The molecule has 4 nitrogen and oxygen atoms in total. The van der Waals surface area contributed by atoms with Gasteiger partial charge in [-0.25, -0.2) is 8.42 Å². The van der Waals surface area contributed by atoms with Crippen LogP contribution in [0.2, 0.25) is 0 Å². The van der Waals surface area contributed by atoms with Gasteiger partial charge in [0.1, 0.15) is 0 Å². The lowest BCUT2D eigenvalue weighted by atomic mass is 9.87. The number of sulfone groups is 1. The largest absolute Gasteiger partial charge is 0.308 e. The Morgan fingerprint density at radius 2 is 1.95 bits per heavy atom. The molecule has 0 aromatic carbocycles. The minimum Gasteiger partial charge on any atom is -0.308 e. The molecule has 3 fully saturated rings. The lowest BCUT2D eigenvalue weighted by Crippen LogP contribution is -2.67. The van der Waals surface area contributed by atoms with Crippen molar-refractivity contribution in [3.8, 4) is 0 Å². The molecule has 1 saturated carbocycles. The molecule has 3 unspecified atom stereocenters. The van der Waals surface area contributed by atoms with Crippen LogP contribution in [0.1, 0.15) is 40.0 Å². The van der Waals surface area contributed by atoms with Crippen LogP contribution in [0.25, 0.3) is 0 Å². The van der Waals surface area contributed by atoms with Crippen LogP contribution in [0.3, 0.4) is 0 Å². The SMILES string of the molecule is CC(C)C1CNC(C)(C2CC2)CN1C1CCS(=O)(=O)C1. The average Bonchev–Trinajstić information content (AvgIpc) is 3.14. The quantitative estimate of drug-likeness (QED) is 0.853. The zero-order valence-electron chi connectivity index (χ0n) is 12.9. The summed E-state index contributed by atoms with van der Waals surface area (Å²) >= 11 is 0. The number of rotatable bonds is 3. The average molecular weight is 300 g/mol. The van der Waals surface area contributed by atoms with Gasteiger partial charge >= 0.3 is 0 Å². The van der Waals surface area contributed by atoms with Crippen LogP contribution in [0.5, 0.6) is 0 Å². The minimum atomic E-state index is -2.80. The zero-order chi connectivity index (χ0) is 14.5. The highest BCUT2D eigenvalue weighted by Gasteiger charge is 2.49. The molecule has 3 aliphatic rings. The molecule has 1 N–H and O–H groups in total. The standard InChI is InChI=1S/C15H28N2O2S/c1-11(2)14-8-16-15(3,12-4-5-12)10-17(14)13-6-7-20(18,19)9-13/h11-14,16H,4-10H2,1-3H3. The molecule has 5 heteroatoms. The van der Waals surface area contributed by atoms with Crippen LogP contribution in [-0.2, 0) is 9.84 Å². The van der Waals surface area contributed by atoms with Gasteiger partial charge in [0.25, 0.3) is 0 Å². The summed E-state index contributed by atoms with van der Waals surface area (Å²) in [7, 11) is -2.80. The fraction of sp³-hybridized carbons (Fsp3) is 1.00. The van der Waals surface area contributed by atoms with Gasteiger partial charge in [-0.05, 0) is 38.0 Å². The van der Waals surface area contributed by atoms with E-state index in [0.29, 0.717) is 23.5 Å². The van der Waals surface area contributed by atoms with Gasteiger partial charge in [0.2, 0.25) is 0 Å². The molecule has 0 spiro atoms. The first-order valence-corrected chi connectivity index (χ1v) is 9.84. The number of nitrogens with zero attached hydrogens (tertiary/aromatic N) is 1. The monoisotopic (exact) mass is 300 g/mol. The molecular formula is C15H28N2O2S. The molecule has 2 saturated heterocycles. The van der Waals surface area contributed by atoms with Gasteiger partial charge in [-0.3, -0.25) is 4.90 Å². The van der Waals surface area contributed by atoms with Gasteiger partial charge in [0, 0.05) is 30.7 Å². The highest BCUT2D eigenvalue weighted by atomic mass is 32.2. The van der Waals surface area contributed by atoms with E-state index in [2.05, 4.69) is 31.0 Å². The minimum absolute atomic E-state index is 0.192. The number of piperazine rings is 1. The van der Waals surface area contributed by atoms with Gasteiger partial charge in [0.15, 0.2) is 9.84 Å². The number of hydrogen-bond acceptors (Lipinski definition) is 4. The van der Waals surface area contributed by atoms with Crippen molar-refractivity contribution in [2.75, 3.05) is 24.6 Å². The third-order valence-corrected chi connectivity index (χ3v) is 7.33. The van der Waals surface area contributed by atoms with Crippen LogP contribution in [-0.4, -0.2) is 55.5 Å². The van der Waals surface area contributed by atoms with Gasteiger partial charge in [-0.2, -0.15) is 0 Å². The van der Waals surface area contributed by atoms with E-state index in [1.54, 1.807) is 0 Å². The smallest absolute Gasteiger partial charge is 0.151 e. The maximum absolute atomic E-state index is 11.8. The summed E-state index contributed by atoms with van der Waals surface area (Å²) in [5.74, 6) is 2.11. The molecule has 116 valence electrons. The van der Waals surface area contributed by atoms with Crippen molar-refractivity contribution in [3.05, 3.63) is 0 Å². The van der Waals surface area contributed by atoms with Gasteiger partial charge in [-0.1, -0.05) is 13.8 Å². The maximum atomic E-state index is 11.8. The Labute approximate surface area is 123 Å². The first-order valence-electron chi connectivity index (χ1n) is 8.02. The van der Waals surface area contributed by atoms with E-state index in [4.69, 9.17) is 0 Å². The van der Waals surface area contributed by atoms with Gasteiger partial charge < -0.3 is 5.32 Å². The zero-order valence-corrected chi connectivity index (χ0v) is 13.7. The molecule has 0 aromatic rings. The predicted molar refractivity (Wildman–Crippen MR) is 81.5 cm³/mol. The van der Waals surface area contributed by atoms with E-state index in [0.717, 1.165) is 25.4 Å². The van der Waals surface area contributed by atoms with E-state index in [1.807, 2.05) is 0 Å². The molecule has 0 radical (unpaired) electrons. The molecule has 2 aliphatic heterocycles. The lowest BCUT2D eigenvalue weighted by Gasteiger charge is -2.50. The maximum Gasteiger partial charge on any atom is 0.151 e. The second-order valence-electron chi connectivity index (χ2n) is 7.61. The summed E-state index contributed by atoms with van der Waals surface area (Å²) in [6, 6.07) is 0.715. The number of hydrogen-bond donors (Lipinski definition) is 1. The summed E-state index contributed by atoms with van der Waals surface area (Å²) in [4.78, 5) is 2.53. The third kappa shape index (κ3) is 2.77. The van der Waals surface area contributed by atoms with Crippen LogP contribution in [0, 0.1) is 11.8 Å². The fourth-order valence-corrected chi connectivity index (χ4v) is 5.80. The van der Waals surface area contributed by atoms with Crippen LogP contribution < -0.4 is 5.32 Å². The summed E-state index contributed by atoms with van der Waals surface area (Å²) in [5.41, 5.74) is 0.192. The summed E-state index contributed by atoms with van der Waals surface area (Å²) in [6.07, 6.45) is 3.48. The molecule has 1 aliphatic carbocycles. The topological polar surface area (TPSA) is 49.4 Å². The summed E-state index contributed by atoms with van der Waals surface area (Å²) in [6.45, 7) is 8.85. The van der Waals surface area contributed by atoms with Gasteiger partial charge in [-0.15, -0.1) is 0 Å². The molecule has 0 amide bonds. The first kappa shape index (κ1) is 14.8. The molecule has 0 aromatic heterocycles. The predicted octanol–water partition coefficient (Wildman–Crippen LogP) is 1.27. The molecule has 0 bridgehead atoms. The number of nitrogens with one attached hydrogen (secondary N) is 1. The van der Waals surface area contributed by atoms with E-state index in [-0.39, 0.29) is 11.6 Å². The fourth-order valence-electron chi connectivity index (χ4n) is 4.06. The van der Waals surface area contributed by atoms with Crippen LogP contribution in [0.15, 0.2) is 0 Å². The Kier molecular flexibility index (Phi) is 3.67. The van der Waals surface area contributed by atoms with Crippen molar-refractivity contribution in [1.82, 2.24) is 10.2 Å². The first-order chi connectivity index (χ1) is 9.31. The van der Waals surface area contributed by atoms with E-state index >= 15 is 0 Å². The highest BCUT2D eigenvalue weighted by molar-refractivity contribution is 7.91. The Bertz CT molecular complexity index is 472. The second-order valence-corrected chi connectivity index (χ2v) is 9.84. The van der Waals surface area contributed by atoms with Crippen molar-refractivity contribution in [3.63, 3.8) is 0 Å². The Morgan fingerprint density at radius 1 is 1.25 bits per heavy atom. The molecule has 20 heavy (non-hydrogen) atoms. The van der Waals surface area contributed by atoms with Crippen molar-refractivity contribution >= 4 is 9.84 Å². The van der Waals surface area contributed by atoms with E-state index in [9.17, 15) is 8.42 Å². The molecular weight excluding hydrogens is 272 g/mol. The van der Waals surface area contributed by atoms with E-state index < -0.39 is 9.84 Å². The van der Waals surface area contributed by atoms with Crippen molar-refractivity contribution in [2.45, 2.75) is 57.7 Å². The van der Waals surface area contributed by atoms with Crippen LogP contribution in [0.4, 0.5) is 0 Å². The Hall–Kier alpha value is -0.130. The van der Waals surface area contributed by atoms with Crippen molar-refractivity contribution in [1.29, 1.82) is 0 Å². The van der Waals surface area contributed by atoms with Crippen molar-refractivity contribution in [2.24, 2.45) is 11.8 Å². The molecule has 3 rings (SSSR count). The summed E-state index contributed by atoms with van der Waals surface area (Å²) in [5, 5.41) is 3.77.